The molecule has 0 spiro atoms. The first kappa shape index (κ1) is 12.9. The minimum atomic E-state index is -0.293. The molecule has 5 heteroatoms. The smallest absolute Gasteiger partial charge is 0.251 e. The molecule has 100 valence electrons. The van der Waals surface area contributed by atoms with Crippen LogP contribution in [0.3, 0.4) is 0 Å². The summed E-state index contributed by atoms with van der Waals surface area (Å²) < 4.78 is 1.44. The Hall–Kier alpha value is -2.14. The van der Waals surface area contributed by atoms with E-state index in [1.54, 1.807) is 18.3 Å². The van der Waals surface area contributed by atoms with Gasteiger partial charge in [0.1, 0.15) is 5.65 Å². The van der Waals surface area contributed by atoms with Gasteiger partial charge in [0.2, 0.25) is 0 Å². The lowest BCUT2D eigenvalue weighted by molar-refractivity contribution is 0.843. The van der Waals surface area contributed by atoms with Crippen molar-refractivity contribution in [3.8, 4) is 0 Å². The van der Waals surface area contributed by atoms with Gasteiger partial charge in [-0.2, -0.15) is 4.98 Å². The Balaban J connectivity index is 1.93. The van der Waals surface area contributed by atoms with Crippen LogP contribution in [-0.4, -0.2) is 14.4 Å². The molecule has 1 unspecified atom stereocenters. The van der Waals surface area contributed by atoms with Gasteiger partial charge in [-0.15, -0.1) is 0 Å². The van der Waals surface area contributed by atoms with Crippen LogP contribution in [0.15, 0.2) is 64.7 Å². The van der Waals surface area contributed by atoms with E-state index in [1.807, 2.05) is 24.3 Å². The Morgan fingerprint density at radius 2 is 1.80 bits per heavy atom. The lowest BCUT2D eigenvalue weighted by Gasteiger charge is -2.10. The summed E-state index contributed by atoms with van der Waals surface area (Å²) in [6.45, 7) is 2.08. The zero-order chi connectivity index (χ0) is 13.9. The fraction of sp³-hybridized carbons (Fsp3) is 0.133. The van der Waals surface area contributed by atoms with Gasteiger partial charge in [-0.25, -0.2) is 9.78 Å². The topological polar surface area (TPSA) is 47.3 Å². The highest BCUT2D eigenvalue weighted by molar-refractivity contribution is 7.99. The molecule has 0 aliphatic rings. The number of aromatic nitrogens is 3. The summed E-state index contributed by atoms with van der Waals surface area (Å²) in [5.41, 5.74) is 1.52. The van der Waals surface area contributed by atoms with E-state index in [4.69, 9.17) is 0 Å². The molecule has 0 aliphatic carbocycles. The van der Waals surface area contributed by atoms with Crippen molar-refractivity contribution in [1.29, 1.82) is 0 Å². The quantitative estimate of drug-likeness (QED) is 0.693. The van der Waals surface area contributed by atoms with Crippen LogP contribution >= 0.6 is 11.8 Å². The summed E-state index contributed by atoms with van der Waals surface area (Å²) in [6, 6.07) is 15.6. The van der Waals surface area contributed by atoms with Crippen LogP contribution < -0.4 is 5.69 Å². The van der Waals surface area contributed by atoms with E-state index in [0.29, 0.717) is 10.8 Å². The third kappa shape index (κ3) is 2.58. The van der Waals surface area contributed by atoms with Crippen LogP contribution in [0.2, 0.25) is 0 Å². The van der Waals surface area contributed by atoms with Crippen molar-refractivity contribution in [3.63, 3.8) is 0 Å². The van der Waals surface area contributed by atoms with E-state index in [0.717, 1.165) is 0 Å². The fourth-order valence-electron chi connectivity index (χ4n) is 1.95. The third-order valence-electron chi connectivity index (χ3n) is 3.00. The van der Waals surface area contributed by atoms with Crippen molar-refractivity contribution >= 4 is 17.4 Å². The van der Waals surface area contributed by atoms with Gasteiger partial charge in [0, 0.05) is 11.4 Å². The molecule has 2 aromatic heterocycles. The molecule has 0 amide bonds. The van der Waals surface area contributed by atoms with Gasteiger partial charge in [-0.1, -0.05) is 48.2 Å². The monoisotopic (exact) mass is 283 g/mol. The van der Waals surface area contributed by atoms with Crippen LogP contribution in [-0.2, 0) is 0 Å². The standard InChI is InChI=1S/C15H13N3OS/c1-11(12-7-3-2-4-8-12)20-14-16-13-9-5-6-10-18(13)15(19)17-14/h2-11H,1H3. The molecule has 1 atom stereocenters. The van der Waals surface area contributed by atoms with Crippen molar-refractivity contribution in [1.82, 2.24) is 14.4 Å². The van der Waals surface area contributed by atoms with Gasteiger partial charge in [-0.05, 0) is 24.6 Å². The average molecular weight is 283 g/mol. The second-order valence-corrected chi connectivity index (χ2v) is 5.70. The van der Waals surface area contributed by atoms with Gasteiger partial charge < -0.3 is 0 Å². The number of hydrogen-bond donors (Lipinski definition) is 0. The van der Waals surface area contributed by atoms with Crippen LogP contribution in [0.4, 0.5) is 0 Å². The molecule has 1 aromatic carbocycles. The van der Waals surface area contributed by atoms with E-state index >= 15 is 0 Å². The molecule has 0 fully saturated rings. The molecule has 0 radical (unpaired) electrons. The first-order chi connectivity index (χ1) is 9.74. The summed E-state index contributed by atoms with van der Waals surface area (Å²) in [5, 5.41) is 0.708. The number of pyridine rings is 1. The van der Waals surface area contributed by atoms with Crippen LogP contribution in [0.5, 0.6) is 0 Å². The Bertz CT molecular complexity index is 786. The molecule has 4 nitrogen and oxygen atoms in total. The summed E-state index contributed by atoms with van der Waals surface area (Å²) in [6.07, 6.45) is 1.67. The average Bonchev–Trinajstić information content (AvgIpc) is 2.48. The molecule has 0 bridgehead atoms. The number of nitrogens with zero attached hydrogens (tertiary/aromatic N) is 3. The second kappa shape index (κ2) is 5.46. The summed E-state index contributed by atoms with van der Waals surface area (Å²) >= 11 is 1.49. The molecule has 0 aliphatic heterocycles. The first-order valence-electron chi connectivity index (χ1n) is 6.31. The van der Waals surface area contributed by atoms with Crippen LogP contribution in [0, 0.1) is 0 Å². The Kier molecular flexibility index (Phi) is 3.52. The van der Waals surface area contributed by atoms with Crippen molar-refractivity contribution in [2.24, 2.45) is 0 Å². The molecule has 3 rings (SSSR count). The highest BCUT2D eigenvalue weighted by Crippen LogP contribution is 2.31. The highest BCUT2D eigenvalue weighted by Gasteiger charge is 2.11. The van der Waals surface area contributed by atoms with Gasteiger partial charge in [0.25, 0.3) is 0 Å². The van der Waals surface area contributed by atoms with E-state index in [2.05, 4.69) is 29.0 Å². The number of thioether (sulfide) groups is 1. The molecular weight excluding hydrogens is 270 g/mol. The number of rotatable bonds is 3. The molecule has 3 aromatic rings. The largest absolute Gasteiger partial charge is 0.355 e. The van der Waals surface area contributed by atoms with Crippen molar-refractivity contribution in [2.75, 3.05) is 0 Å². The third-order valence-corrected chi connectivity index (χ3v) is 4.02. The Morgan fingerprint density at radius 1 is 1.05 bits per heavy atom. The van der Waals surface area contributed by atoms with Crippen LogP contribution in [0.25, 0.3) is 5.65 Å². The van der Waals surface area contributed by atoms with E-state index in [1.165, 1.54) is 21.7 Å². The Morgan fingerprint density at radius 3 is 2.60 bits per heavy atom. The predicted molar refractivity (Wildman–Crippen MR) is 80.0 cm³/mol. The van der Waals surface area contributed by atoms with Gasteiger partial charge >= 0.3 is 5.69 Å². The lowest BCUT2D eigenvalue weighted by Crippen LogP contribution is -2.18. The number of fused-ring (bicyclic) bond motifs is 1. The molecule has 2 heterocycles. The summed E-state index contributed by atoms with van der Waals surface area (Å²) in [4.78, 5) is 20.4. The van der Waals surface area contributed by atoms with Crippen molar-refractivity contribution < 1.29 is 0 Å². The van der Waals surface area contributed by atoms with Crippen molar-refractivity contribution in [3.05, 3.63) is 70.8 Å². The normalized spacial score (nSPS) is 12.4. The zero-order valence-corrected chi connectivity index (χ0v) is 11.7. The van der Waals surface area contributed by atoms with E-state index in [9.17, 15) is 4.79 Å². The molecule has 0 N–H and O–H groups in total. The molecule has 0 saturated heterocycles. The van der Waals surface area contributed by atoms with E-state index in [-0.39, 0.29) is 10.9 Å². The maximum Gasteiger partial charge on any atom is 0.355 e. The number of hydrogen-bond acceptors (Lipinski definition) is 4. The van der Waals surface area contributed by atoms with Crippen molar-refractivity contribution in [2.45, 2.75) is 17.3 Å². The molecule has 0 saturated carbocycles. The molecular formula is C15H13N3OS. The predicted octanol–water partition coefficient (Wildman–Crippen LogP) is 2.94. The second-order valence-electron chi connectivity index (χ2n) is 4.39. The maximum atomic E-state index is 11.9. The van der Waals surface area contributed by atoms with E-state index < -0.39 is 0 Å². The summed E-state index contributed by atoms with van der Waals surface area (Å²) in [5.74, 6) is 0. The fourth-order valence-corrected chi connectivity index (χ4v) is 2.84. The maximum absolute atomic E-state index is 11.9. The summed E-state index contributed by atoms with van der Waals surface area (Å²) in [7, 11) is 0. The zero-order valence-electron chi connectivity index (χ0n) is 10.9. The van der Waals surface area contributed by atoms with Gasteiger partial charge in [0.15, 0.2) is 5.16 Å². The highest BCUT2D eigenvalue weighted by atomic mass is 32.2. The minimum Gasteiger partial charge on any atom is -0.251 e. The molecule has 20 heavy (non-hydrogen) atoms. The minimum absolute atomic E-state index is 0.196. The van der Waals surface area contributed by atoms with Gasteiger partial charge in [-0.3, -0.25) is 4.40 Å². The SMILES string of the molecule is CC(Sc1nc(=O)n2ccccc2n1)c1ccccc1. The van der Waals surface area contributed by atoms with Gasteiger partial charge in [0.05, 0.1) is 0 Å². The lowest BCUT2D eigenvalue weighted by atomic mass is 10.2. The number of benzene rings is 1. The first-order valence-corrected chi connectivity index (χ1v) is 7.19. The Labute approximate surface area is 120 Å². The van der Waals surface area contributed by atoms with Crippen LogP contribution in [0.1, 0.15) is 17.7 Å².